The highest BCUT2D eigenvalue weighted by Gasteiger charge is 2.51. The topological polar surface area (TPSA) is 45.6 Å². The van der Waals surface area contributed by atoms with E-state index in [0.29, 0.717) is 12.5 Å². The molecule has 2 saturated heterocycles. The van der Waals surface area contributed by atoms with Crippen LogP contribution in [-0.2, 0) is 11.3 Å². The molecule has 0 amide bonds. The van der Waals surface area contributed by atoms with Crippen LogP contribution >= 0.6 is 0 Å². The quantitative estimate of drug-likeness (QED) is 0.805. The van der Waals surface area contributed by atoms with Crippen LogP contribution in [-0.4, -0.2) is 40.3 Å². The zero-order chi connectivity index (χ0) is 20.3. The highest BCUT2D eigenvalue weighted by molar-refractivity contribution is 5.16. The minimum Gasteiger partial charge on any atom is -0.386 e. The molecule has 29 heavy (non-hydrogen) atoms. The first-order valence-electron chi connectivity index (χ1n) is 11.0. The summed E-state index contributed by atoms with van der Waals surface area (Å²) in [6, 6.07) is 16.6. The summed E-state index contributed by atoms with van der Waals surface area (Å²) in [5.74, 6) is 0.481. The third kappa shape index (κ3) is 4.55. The molecular weight excluding hydrogens is 360 g/mol. The molecular formula is C25H34N2O2. The first kappa shape index (κ1) is 20.5. The lowest BCUT2D eigenvalue weighted by Crippen LogP contribution is -2.51. The van der Waals surface area contributed by atoms with Crippen molar-refractivity contribution in [3.63, 3.8) is 0 Å². The number of hydrogen-bond acceptors (Lipinski definition) is 4. The van der Waals surface area contributed by atoms with Crippen molar-refractivity contribution in [2.24, 2.45) is 11.3 Å². The van der Waals surface area contributed by atoms with Crippen LogP contribution in [0.15, 0.2) is 54.7 Å². The SMILES string of the molecule is CC1(C)CC(C2CCN(Cc3ccccc3)CC2)(C(O)c2ccccn2)CCO1. The number of pyridine rings is 1. The van der Waals surface area contributed by atoms with Crippen molar-refractivity contribution in [1.82, 2.24) is 9.88 Å². The summed E-state index contributed by atoms with van der Waals surface area (Å²) in [5, 5.41) is 11.5. The first-order chi connectivity index (χ1) is 14.0. The number of piperidine rings is 1. The summed E-state index contributed by atoms with van der Waals surface area (Å²) in [4.78, 5) is 7.06. The van der Waals surface area contributed by atoms with Crippen LogP contribution in [0.3, 0.4) is 0 Å². The first-order valence-corrected chi connectivity index (χ1v) is 11.0. The molecule has 0 bridgehead atoms. The van der Waals surface area contributed by atoms with E-state index in [0.717, 1.165) is 51.0 Å². The van der Waals surface area contributed by atoms with Crippen molar-refractivity contribution in [2.75, 3.05) is 19.7 Å². The maximum Gasteiger partial charge on any atom is 0.102 e. The molecule has 2 aliphatic heterocycles. The molecule has 3 heterocycles. The highest BCUT2D eigenvalue weighted by atomic mass is 16.5. The van der Waals surface area contributed by atoms with Gasteiger partial charge in [-0.2, -0.15) is 0 Å². The van der Waals surface area contributed by atoms with E-state index in [-0.39, 0.29) is 11.0 Å². The van der Waals surface area contributed by atoms with Gasteiger partial charge in [-0.1, -0.05) is 36.4 Å². The number of rotatable bonds is 5. The van der Waals surface area contributed by atoms with Gasteiger partial charge < -0.3 is 9.84 Å². The van der Waals surface area contributed by atoms with Gasteiger partial charge in [0.15, 0.2) is 0 Å². The molecule has 4 nitrogen and oxygen atoms in total. The van der Waals surface area contributed by atoms with E-state index in [1.165, 1.54) is 5.56 Å². The monoisotopic (exact) mass is 394 g/mol. The molecule has 4 heteroatoms. The predicted octanol–water partition coefficient (Wildman–Crippen LogP) is 4.60. The number of nitrogens with zero attached hydrogens (tertiary/aromatic N) is 2. The Morgan fingerprint density at radius 2 is 1.83 bits per heavy atom. The average Bonchev–Trinajstić information content (AvgIpc) is 2.74. The maximum atomic E-state index is 11.5. The van der Waals surface area contributed by atoms with Crippen molar-refractivity contribution in [3.05, 3.63) is 66.0 Å². The molecule has 1 N–H and O–H groups in total. The van der Waals surface area contributed by atoms with Gasteiger partial charge >= 0.3 is 0 Å². The molecule has 0 aliphatic carbocycles. The second-order valence-corrected chi connectivity index (χ2v) is 9.46. The third-order valence-corrected chi connectivity index (χ3v) is 6.98. The van der Waals surface area contributed by atoms with Crippen molar-refractivity contribution in [1.29, 1.82) is 0 Å². The summed E-state index contributed by atoms with van der Waals surface area (Å²) in [6.45, 7) is 8.21. The third-order valence-electron chi connectivity index (χ3n) is 6.98. The van der Waals surface area contributed by atoms with Gasteiger partial charge in [0, 0.05) is 24.8 Å². The Bertz CT molecular complexity index is 772. The standard InChI is InChI=1S/C25H34N2O2/c1-24(2)19-25(13-17-29-24,23(28)22-10-6-7-14-26-22)21-11-15-27(16-12-21)18-20-8-4-3-5-9-20/h3-10,14,21,23,28H,11-13,15-19H2,1-2H3. The Hall–Kier alpha value is -1.75. The maximum absolute atomic E-state index is 11.5. The molecule has 4 rings (SSSR count). The van der Waals surface area contributed by atoms with Crippen molar-refractivity contribution >= 4 is 0 Å². The van der Waals surface area contributed by atoms with Crippen molar-refractivity contribution < 1.29 is 9.84 Å². The number of hydrogen-bond donors (Lipinski definition) is 1. The van der Waals surface area contributed by atoms with E-state index in [4.69, 9.17) is 4.74 Å². The normalized spacial score (nSPS) is 26.9. The lowest BCUT2D eigenvalue weighted by atomic mass is 9.59. The molecule has 0 spiro atoms. The van der Waals surface area contributed by atoms with Crippen molar-refractivity contribution in [3.8, 4) is 0 Å². The Morgan fingerprint density at radius 1 is 1.10 bits per heavy atom. The van der Waals surface area contributed by atoms with E-state index < -0.39 is 6.10 Å². The fourth-order valence-electron chi connectivity index (χ4n) is 5.59. The van der Waals surface area contributed by atoms with Gasteiger partial charge in [-0.25, -0.2) is 0 Å². The molecule has 0 radical (unpaired) electrons. The van der Waals surface area contributed by atoms with Gasteiger partial charge in [-0.15, -0.1) is 0 Å². The van der Waals surface area contributed by atoms with E-state index in [1.807, 2.05) is 18.2 Å². The molecule has 1 aromatic heterocycles. The largest absolute Gasteiger partial charge is 0.386 e. The molecule has 2 fully saturated rings. The van der Waals surface area contributed by atoms with E-state index >= 15 is 0 Å². The van der Waals surface area contributed by atoms with E-state index in [9.17, 15) is 5.11 Å². The molecule has 2 aromatic rings. The number of aromatic nitrogens is 1. The zero-order valence-electron chi connectivity index (χ0n) is 17.8. The lowest BCUT2D eigenvalue weighted by molar-refractivity contribution is -0.171. The van der Waals surface area contributed by atoms with Gasteiger partial charge in [0.25, 0.3) is 0 Å². The van der Waals surface area contributed by atoms with Gasteiger partial charge in [-0.05, 0) is 76.2 Å². The fraction of sp³-hybridized carbons (Fsp3) is 0.560. The van der Waals surface area contributed by atoms with Gasteiger partial charge in [0.2, 0.25) is 0 Å². The van der Waals surface area contributed by atoms with Gasteiger partial charge in [0.05, 0.1) is 11.3 Å². The second kappa shape index (κ2) is 8.55. The summed E-state index contributed by atoms with van der Waals surface area (Å²) in [6.07, 6.45) is 5.26. The molecule has 2 unspecified atom stereocenters. The van der Waals surface area contributed by atoms with E-state index in [1.54, 1.807) is 6.20 Å². The molecule has 2 atom stereocenters. The molecule has 1 aromatic carbocycles. The number of aliphatic hydroxyl groups excluding tert-OH is 1. The zero-order valence-corrected chi connectivity index (χ0v) is 17.8. The molecule has 0 saturated carbocycles. The second-order valence-electron chi connectivity index (χ2n) is 9.46. The number of benzene rings is 1. The molecule has 156 valence electrons. The van der Waals surface area contributed by atoms with Gasteiger partial charge in [0.1, 0.15) is 6.10 Å². The van der Waals surface area contributed by atoms with Gasteiger partial charge in [-0.3, -0.25) is 9.88 Å². The minimum absolute atomic E-state index is 0.172. The Kier molecular flexibility index (Phi) is 6.05. The summed E-state index contributed by atoms with van der Waals surface area (Å²) in [7, 11) is 0. The number of ether oxygens (including phenoxy) is 1. The van der Waals surface area contributed by atoms with Crippen LogP contribution in [0.1, 0.15) is 56.9 Å². The lowest BCUT2D eigenvalue weighted by Gasteiger charge is -2.53. The Labute approximate surface area is 174 Å². The summed E-state index contributed by atoms with van der Waals surface area (Å²) in [5.41, 5.74) is 1.79. The van der Waals surface area contributed by atoms with Crippen LogP contribution in [0.5, 0.6) is 0 Å². The number of aliphatic hydroxyl groups is 1. The van der Waals surface area contributed by atoms with Crippen LogP contribution in [0.4, 0.5) is 0 Å². The van der Waals surface area contributed by atoms with Crippen LogP contribution in [0, 0.1) is 11.3 Å². The van der Waals surface area contributed by atoms with Crippen LogP contribution in [0.25, 0.3) is 0 Å². The Morgan fingerprint density at radius 3 is 2.48 bits per heavy atom. The smallest absolute Gasteiger partial charge is 0.102 e. The number of likely N-dealkylation sites (tertiary alicyclic amines) is 1. The van der Waals surface area contributed by atoms with Crippen molar-refractivity contribution in [2.45, 2.75) is 57.8 Å². The minimum atomic E-state index is -0.544. The van der Waals surface area contributed by atoms with E-state index in [2.05, 4.69) is 54.1 Å². The van der Waals surface area contributed by atoms with Crippen LogP contribution < -0.4 is 0 Å². The Balaban J connectivity index is 1.52. The average molecular weight is 395 g/mol. The predicted molar refractivity (Wildman–Crippen MR) is 115 cm³/mol. The van der Waals surface area contributed by atoms with Crippen LogP contribution in [0.2, 0.25) is 0 Å². The summed E-state index contributed by atoms with van der Waals surface area (Å²) < 4.78 is 6.06. The summed E-state index contributed by atoms with van der Waals surface area (Å²) >= 11 is 0. The molecule has 2 aliphatic rings. The highest BCUT2D eigenvalue weighted by Crippen LogP contribution is 2.54. The fourth-order valence-corrected chi connectivity index (χ4v) is 5.59.